The Morgan fingerprint density at radius 2 is 1.36 bits per heavy atom. The molecule has 0 radical (unpaired) electrons. The number of esters is 1. The van der Waals surface area contributed by atoms with Crippen LogP contribution in [0, 0.1) is 6.92 Å². The Balaban J connectivity index is 1.37. The van der Waals surface area contributed by atoms with Crippen molar-refractivity contribution in [3.8, 4) is 28.7 Å². The maximum Gasteiger partial charge on any atom is 0.343 e. The molecule has 0 unspecified atom stereocenters. The number of aryl methyl sites for hydroxylation is 1. The van der Waals surface area contributed by atoms with E-state index in [0.29, 0.717) is 57.5 Å². The molecule has 4 rings (SSSR count). The van der Waals surface area contributed by atoms with Crippen LogP contribution < -0.4 is 34.4 Å². The Morgan fingerprint density at radius 3 is 1.96 bits per heavy atom. The van der Waals surface area contributed by atoms with Crippen molar-refractivity contribution < 1.29 is 38.1 Å². The van der Waals surface area contributed by atoms with Gasteiger partial charge in [-0.05, 0) is 86.1 Å². The molecule has 2 N–H and O–H groups in total. The van der Waals surface area contributed by atoms with Crippen LogP contribution in [0.3, 0.4) is 0 Å². The fraction of sp³-hybridized carbons (Fsp3) is 0.176. The molecule has 0 saturated carbocycles. The Hall–Kier alpha value is -5.84. The third-order valence-corrected chi connectivity index (χ3v) is 6.47. The number of amides is 2. The topological polar surface area (TPSA) is 134 Å². The highest BCUT2D eigenvalue weighted by molar-refractivity contribution is 6.05. The first kappa shape index (κ1) is 32.1. The molecule has 4 aromatic carbocycles. The monoisotopic (exact) mass is 611 g/mol. The highest BCUT2D eigenvalue weighted by atomic mass is 16.6. The average molecular weight is 612 g/mol. The number of benzene rings is 4. The summed E-state index contributed by atoms with van der Waals surface area (Å²) in [6.07, 6.45) is 1.44. The van der Waals surface area contributed by atoms with Crippen molar-refractivity contribution in [1.82, 2.24) is 5.43 Å². The van der Waals surface area contributed by atoms with E-state index in [2.05, 4.69) is 15.8 Å². The van der Waals surface area contributed by atoms with Crippen LogP contribution in [0.5, 0.6) is 28.7 Å². The van der Waals surface area contributed by atoms with E-state index in [1.807, 2.05) is 26.0 Å². The summed E-state index contributed by atoms with van der Waals surface area (Å²) in [4.78, 5) is 38.1. The summed E-state index contributed by atoms with van der Waals surface area (Å²) in [5.41, 5.74) is 5.63. The van der Waals surface area contributed by atoms with Crippen LogP contribution in [0.25, 0.3) is 0 Å². The standard InChI is InChI=1S/C34H33N3O8/c1-6-44-28-17-22(9-16-27(28)45-34(40)24-10-7-21(2)8-11-24)20-35-37-33(39)23-12-14-26(15-13-23)36-32(38)25-18-29(41-3)31(43-5)30(19-25)42-4/h7-20H,6H2,1-5H3,(H,36,38)(H,37,39)/b35-20-. The SMILES string of the molecule is CCOc1cc(/C=N\NC(=O)c2ccc(NC(=O)c3cc(OC)c(OC)c(OC)c3)cc2)ccc1OC(=O)c1ccc(C)cc1. The molecule has 0 aromatic heterocycles. The summed E-state index contributed by atoms with van der Waals surface area (Å²) < 4.78 is 27.1. The van der Waals surface area contributed by atoms with E-state index >= 15 is 0 Å². The van der Waals surface area contributed by atoms with Gasteiger partial charge in [-0.3, -0.25) is 9.59 Å². The van der Waals surface area contributed by atoms with Gasteiger partial charge in [-0.1, -0.05) is 17.7 Å². The van der Waals surface area contributed by atoms with Gasteiger partial charge in [0.15, 0.2) is 23.0 Å². The minimum atomic E-state index is -0.503. The molecule has 11 nitrogen and oxygen atoms in total. The van der Waals surface area contributed by atoms with E-state index in [4.69, 9.17) is 23.7 Å². The Morgan fingerprint density at radius 1 is 0.711 bits per heavy atom. The largest absolute Gasteiger partial charge is 0.493 e. The fourth-order valence-corrected chi connectivity index (χ4v) is 4.16. The van der Waals surface area contributed by atoms with E-state index in [0.717, 1.165) is 5.56 Å². The molecule has 0 saturated heterocycles. The number of carbonyl (C=O) groups excluding carboxylic acids is 3. The van der Waals surface area contributed by atoms with Crippen molar-refractivity contribution >= 4 is 29.7 Å². The fourth-order valence-electron chi connectivity index (χ4n) is 4.16. The van der Waals surface area contributed by atoms with Crippen LogP contribution in [0.2, 0.25) is 0 Å². The summed E-state index contributed by atoms with van der Waals surface area (Å²) in [7, 11) is 4.41. The number of hydrazone groups is 1. The second-order valence-electron chi connectivity index (χ2n) is 9.54. The van der Waals surface area contributed by atoms with Crippen molar-refractivity contribution in [2.75, 3.05) is 33.3 Å². The summed E-state index contributed by atoms with van der Waals surface area (Å²) in [5.74, 6) is 0.332. The van der Waals surface area contributed by atoms with E-state index in [1.54, 1.807) is 66.7 Å². The minimum absolute atomic E-state index is 0.265. The van der Waals surface area contributed by atoms with Gasteiger partial charge in [0.05, 0.1) is 39.7 Å². The summed E-state index contributed by atoms with van der Waals surface area (Å²) in [6.45, 7) is 4.10. The highest BCUT2D eigenvalue weighted by Crippen LogP contribution is 2.38. The third kappa shape index (κ3) is 8.17. The molecule has 2 amide bonds. The molecule has 0 aliphatic rings. The molecule has 0 bridgehead atoms. The van der Waals surface area contributed by atoms with Gasteiger partial charge in [-0.15, -0.1) is 0 Å². The van der Waals surface area contributed by atoms with Crippen molar-refractivity contribution in [3.05, 3.63) is 107 Å². The van der Waals surface area contributed by atoms with Gasteiger partial charge in [-0.25, -0.2) is 10.2 Å². The van der Waals surface area contributed by atoms with Crippen LogP contribution in [0.4, 0.5) is 5.69 Å². The Kier molecular flexibility index (Phi) is 10.7. The smallest absolute Gasteiger partial charge is 0.343 e. The second-order valence-corrected chi connectivity index (χ2v) is 9.54. The lowest BCUT2D eigenvalue weighted by atomic mass is 10.1. The number of ether oxygens (including phenoxy) is 5. The van der Waals surface area contributed by atoms with Crippen LogP contribution in [0.1, 0.15) is 49.1 Å². The maximum atomic E-state index is 12.9. The van der Waals surface area contributed by atoms with E-state index in [-0.39, 0.29) is 5.75 Å². The predicted octanol–water partition coefficient (Wildman–Crippen LogP) is 5.65. The molecule has 0 atom stereocenters. The first-order valence-electron chi connectivity index (χ1n) is 13.9. The van der Waals surface area contributed by atoms with Gasteiger partial charge in [0.2, 0.25) is 5.75 Å². The van der Waals surface area contributed by atoms with Crippen LogP contribution in [-0.2, 0) is 0 Å². The first-order chi connectivity index (χ1) is 21.8. The van der Waals surface area contributed by atoms with Crippen molar-refractivity contribution in [2.45, 2.75) is 13.8 Å². The zero-order chi connectivity index (χ0) is 32.3. The zero-order valence-corrected chi connectivity index (χ0v) is 25.5. The highest BCUT2D eigenvalue weighted by Gasteiger charge is 2.18. The number of anilines is 1. The number of hydrogen-bond donors (Lipinski definition) is 2. The van der Waals surface area contributed by atoms with E-state index < -0.39 is 17.8 Å². The summed E-state index contributed by atoms with van der Waals surface area (Å²) in [6, 6.07) is 21.4. The average Bonchev–Trinajstić information content (AvgIpc) is 3.05. The third-order valence-electron chi connectivity index (χ3n) is 6.47. The van der Waals surface area contributed by atoms with Gasteiger partial charge in [0.25, 0.3) is 11.8 Å². The van der Waals surface area contributed by atoms with Gasteiger partial charge < -0.3 is 29.0 Å². The minimum Gasteiger partial charge on any atom is -0.493 e. The molecule has 0 aliphatic heterocycles. The van der Waals surface area contributed by atoms with Crippen molar-refractivity contribution in [3.63, 3.8) is 0 Å². The molecule has 4 aromatic rings. The molecule has 0 heterocycles. The maximum absolute atomic E-state index is 12.9. The predicted molar refractivity (Wildman–Crippen MR) is 169 cm³/mol. The number of nitrogens with one attached hydrogen (secondary N) is 2. The van der Waals surface area contributed by atoms with Crippen LogP contribution in [0.15, 0.2) is 84.0 Å². The molecule has 0 aliphatic carbocycles. The number of rotatable bonds is 12. The van der Waals surface area contributed by atoms with E-state index in [1.165, 1.54) is 27.5 Å². The Labute approximate surface area is 260 Å². The molecule has 11 heteroatoms. The Bertz CT molecular complexity index is 1680. The lowest BCUT2D eigenvalue weighted by Gasteiger charge is -2.14. The van der Waals surface area contributed by atoms with Crippen LogP contribution in [-0.4, -0.2) is 51.9 Å². The second kappa shape index (κ2) is 15.1. The number of hydrogen-bond acceptors (Lipinski definition) is 9. The number of methoxy groups -OCH3 is 3. The van der Waals surface area contributed by atoms with Gasteiger partial charge in [-0.2, -0.15) is 5.10 Å². The lowest BCUT2D eigenvalue weighted by molar-refractivity contribution is 0.0728. The zero-order valence-electron chi connectivity index (χ0n) is 25.5. The molecule has 45 heavy (non-hydrogen) atoms. The summed E-state index contributed by atoms with van der Waals surface area (Å²) in [5, 5.41) is 6.81. The van der Waals surface area contributed by atoms with Crippen LogP contribution >= 0.6 is 0 Å². The molecule has 0 spiro atoms. The first-order valence-corrected chi connectivity index (χ1v) is 13.9. The van der Waals surface area contributed by atoms with Gasteiger partial charge in [0.1, 0.15) is 0 Å². The molecule has 0 fully saturated rings. The lowest BCUT2D eigenvalue weighted by Crippen LogP contribution is -2.18. The van der Waals surface area contributed by atoms with E-state index in [9.17, 15) is 14.4 Å². The molecular formula is C34H33N3O8. The van der Waals surface area contributed by atoms with Crippen molar-refractivity contribution in [1.29, 1.82) is 0 Å². The summed E-state index contributed by atoms with van der Waals surface area (Å²) >= 11 is 0. The molecular weight excluding hydrogens is 578 g/mol. The number of carbonyl (C=O) groups is 3. The van der Waals surface area contributed by atoms with Gasteiger partial charge >= 0.3 is 5.97 Å². The van der Waals surface area contributed by atoms with Crippen molar-refractivity contribution in [2.24, 2.45) is 5.10 Å². The quantitative estimate of drug-likeness (QED) is 0.0908. The normalized spacial score (nSPS) is 10.6. The number of nitrogens with zero attached hydrogens (tertiary/aromatic N) is 1. The molecule has 232 valence electrons. The van der Waals surface area contributed by atoms with Gasteiger partial charge in [0, 0.05) is 16.8 Å².